The van der Waals surface area contributed by atoms with Crippen molar-refractivity contribution >= 4 is 85.7 Å². The van der Waals surface area contributed by atoms with Gasteiger partial charge >= 0.3 is 18.0 Å². The largest absolute Gasteiger partial charge is 0.542 e. The topological polar surface area (TPSA) is 102 Å². The molecule has 6 atom stereocenters. The first kappa shape index (κ1) is 21.9. The summed E-state index contributed by atoms with van der Waals surface area (Å²) in [4.78, 5) is 35.9. The van der Waals surface area contributed by atoms with Crippen molar-refractivity contribution in [1.29, 1.82) is 0 Å². The van der Waals surface area contributed by atoms with Gasteiger partial charge in [0.1, 0.15) is 18.2 Å². The summed E-state index contributed by atoms with van der Waals surface area (Å²) < 4.78 is 44.7. The molecular weight excluding hydrogens is 735 g/mol. The molecule has 2 bridgehead atoms. The van der Waals surface area contributed by atoms with Crippen molar-refractivity contribution in [3.8, 4) is 5.75 Å². The Hall–Kier alpha value is -0.360. The van der Waals surface area contributed by atoms with Gasteiger partial charge in [-0.3, -0.25) is 9.59 Å². The molecule has 0 radical (unpaired) electrons. The zero-order valence-corrected chi connectivity index (χ0v) is 20.5. The molecule has 12 heteroatoms. The van der Waals surface area contributed by atoms with Crippen LogP contribution in [0.5, 0.6) is 5.75 Å². The Bertz CT molecular complexity index is 901. The maximum absolute atomic E-state index is 13.6. The Balaban J connectivity index is 1.62. The number of ether oxygens (including phenoxy) is 3. The average Bonchev–Trinajstić information content (AvgIpc) is 3.21. The SMILES string of the molecule is O=C1OC2C3CC(C2OC(F)(F)C(=O)[O-])C(C(=O)Oc2c(I)cc(I)cc2I)C13. The lowest BCUT2D eigenvalue weighted by Crippen LogP contribution is -2.51. The number of carboxylic acids is 1. The van der Waals surface area contributed by atoms with Gasteiger partial charge in [-0.15, -0.1) is 0 Å². The summed E-state index contributed by atoms with van der Waals surface area (Å²) >= 11 is 6.15. The summed E-state index contributed by atoms with van der Waals surface area (Å²) in [5, 5.41) is 10.7. The number of halogens is 5. The lowest BCUT2D eigenvalue weighted by molar-refractivity contribution is -0.372. The molecule has 1 aromatic carbocycles. The van der Waals surface area contributed by atoms with Gasteiger partial charge in [0, 0.05) is 15.4 Å². The van der Waals surface area contributed by atoms with E-state index < -0.39 is 59.9 Å². The summed E-state index contributed by atoms with van der Waals surface area (Å²) in [6, 6.07) is 3.61. The molecule has 3 aliphatic rings. The zero-order chi connectivity index (χ0) is 21.2. The second kappa shape index (κ2) is 7.65. The molecule has 0 aromatic heterocycles. The number of fused-ring (bicyclic) bond motifs is 1. The van der Waals surface area contributed by atoms with Gasteiger partial charge < -0.3 is 24.1 Å². The number of carbonyl (C=O) groups is 3. The molecule has 3 fully saturated rings. The number of aliphatic carboxylic acids is 1. The van der Waals surface area contributed by atoms with Crippen LogP contribution in [0.1, 0.15) is 6.42 Å². The van der Waals surface area contributed by atoms with Gasteiger partial charge in [-0.25, -0.2) is 0 Å². The van der Waals surface area contributed by atoms with Gasteiger partial charge in [-0.1, -0.05) is 0 Å². The molecule has 1 aliphatic heterocycles. The minimum Gasteiger partial charge on any atom is -0.542 e. The zero-order valence-electron chi connectivity index (χ0n) is 14.1. The van der Waals surface area contributed by atoms with Crippen molar-refractivity contribution in [3.05, 3.63) is 22.8 Å². The standard InChI is InChI=1S/C17H11F2I3O7/c18-17(19,16(25)26)29-12-6-3-5-9(14(23)27-11(5)12)10(6)15(24)28-13-7(21)1-4(20)2-8(13)22/h1-2,5-6,9-12H,3H2,(H,25,26)/p-1. The highest BCUT2D eigenvalue weighted by atomic mass is 127. The molecule has 1 aromatic rings. The Kier molecular flexibility index (Phi) is 5.76. The van der Waals surface area contributed by atoms with E-state index >= 15 is 0 Å². The number of esters is 2. The van der Waals surface area contributed by atoms with Gasteiger partial charge in [0.25, 0.3) is 0 Å². The van der Waals surface area contributed by atoms with Crippen molar-refractivity contribution in [3.63, 3.8) is 0 Å². The van der Waals surface area contributed by atoms with Gasteiger partial charge in [0.2, 0.25) is 0 Å². The van der Waals surface area contributed by atoms with E-state index in [2.05, 4.69) is 27.3 Å². The van der Waals surface area contributed by atoms with Crippen LogP contribution >= 0.6 is 67.8 Å². The molecule has 2 aliphatic carbocycles. The van der Waals surface area contributed by atoms with E-state index in [0.29, 0.717) is 12.9 Å². The predicted octanol–water partition coefficient (Wildman–Crippen LogP) is 1.94. The Morgan fingerprint density at radius 1 is 1.17 bits per heavy atom. The van der Waals surface area contributed by atoms with Gasteiger partial charge in [0.15, 0.2) is 5.75 Å². The summed E-state index contributed by atoms with van der Waals surface area (Å²) in [5.41, 5.74) is 0. The van der Waals surface area contributed by atoms with Crippen LogP contribution in [-0.4, -0.2) is 36.2 Å². The number of benzene rings is 1. The molecule has 1 heterocycles. The molecule has 0 amide bonds. The van der Waals surface area contributed by atoms with E-state index in [1.165, 1.54) is 0 Å². The quantitative estimate of drug-likeness (QED) is 0.258. The van der Waals surface area contributed by atoms with Crippen LogP contribution in [0.4, 0.5) is 8.78 Å². The Labute approximate surface area is 203 Å². The fourth-order valence-corrected chi connectivity index (χ4v) is 8.29. The maximum atomic E-state index is 13.6. The third kappa shape index (κ3) is 3.64. The summed E-state index contributed by atoms with van der Waals surface area (Å²) in [5.74, 6) is -6.99. The predicted molar refractivity (Wildman–Crippen MR) is 114 cm³/mol. The molecular formula is C17H10F2I3O7-. The Morgan fingerprint density at radius 2 is 1.79 bits per heavy atom. The first-order chi connectivity index (χ1) is 13.5. The maximum Gasteiger partial charge on any atom is 0.398 e. The van der Waals surface area contributed by atoms with Crippen LogP contribution in [0, 0.1) is 34.4 Å². The molecule has 2 saturated carbocycles. The number of carboxylic acid groups (broad SMARTS) is 1. The first-order valence-electron chi connectivity index (χ1n) is 8.35. The molecule has 156 valence electrons. The van der Waals surface area contributed by atoms with E-state index in [4.69, 9.17) is 9.47 Å². The monoisotopic (exact) mass is 745 g/mol. The summed E-state index contributed by atoms with van der Waals surface area (Å²) in [6.07, 6.45) is -6.77. The molecule has 0 spiro atoms. The molecule has 1 saturated heterocycles. The third-order valence-corrected chi connectivity index (χ3v) is 7.73. The number of carbonyl (C=O) groups excluding carboxylic acids is 3. The normalized spacial score (nSPS) is 32.4. The number of hydrogen-bond acceptors (Lipinski definition) is 7. The van der Waals surface area contributed by atoms with Crippen LogP contribution in [0.25, 0.3) is 0 Å². The average molecular weight is 745 g/mol. The minimum atomic E-state index is -4.56. The van der Waals surface area contributed by atoms with E-state index in [0.717, 1.165) is 3.57 Å². The Morgan fingerprint density at radius 3 is 2.38 bits per heavy atom. The highest BCUT2D eigenvalue weighted by Crippen LogP contribution is 2.59. The van der Waals surface area contributed by atoms with Crippen molar-refractivity contribution < 1.29 is 42.5 Å². The van der Waals surface area contributed by atoms with Crippen molar-refractivity contribution in [2.75, 3.05) is 0 Å². The lowest BCUT2D eigenvalue weighted by atomic mass is 9.78. The molecule has 4 rings (SSSR count). The van der Waals surface area contributed by atoms with Gasteiger partial charge in [-0.05, 0) is 86.3 Å². The third-order valence-electron chi connectivity index (χ3n) is 5.51. The summed E-state index contributed by atoms with van der Waals surface area (Å²) in [7, 11) is 0. The van der Waals surface area contributed by atoms with E-state index in [1.54, 1.807) is 12.1 Å². The van der Waals surface area contributed by atoms with E-state index in [-0.39, 0.29) is 6.42 Å². The molecule has 29 heavy (non-hydrogen) atoms. The van der Waals surface area contributed by atoms with Crippen molar-refractivity contribution in [2.45, 2.75) is 24.7 Å². The van der Waals surface area contributed by atoms with Crippen molar-refractivity contribution in [2.24, 2.45) is 23.7 Å². The fraction of sp³-hybridized carbons (Fsp3) is 0.471. The van der Waals surface area contributed by atoms with E-state index in [9.17, 15) is 28.3 Å². The van der Waals surface area contributed by atoms with Crippen LogP contribution in [-0.2, 0) is 23.9 Å². The van der Waals surface area contributed by atoms with Crippen LogP contribution in [0.3, 0.4) is 0 Å². The summed E-state index contributed by atoms with van der Waals surface area (Å²) in [6.45, 7) is 0. The first-order valence-corrected chi connectivity index (χ1v) is 11.6. The highest BCUT2D eigenvalue weighted by Gasteiger charge is 2.70. The van der Waals surface area contributed by atoms with Crippen molar-refractivity contribution in [1.82, 2.24) is 0 Å². The molecule has 6 unspecified atom stereocenters. The van der Waals surface area contributed by atoms with Crippen LogP contribution < -0.4 is 9.84 Å². The van der Waals surface area contributed by atoms with Crippen LogP contribution in [0.15, 0.2) is 12.1 Å². The lowest BCUT2D eigenvalue weighted by Gasteiger charge is -2.33. The smallest absolute Gasteiger partial charge is 0.398 e. The number of alkyl halides is 2. The van der Waals surface area contributed by atoms with Crippen LogP contribution in [0.2, 0.25) is 0 Å². The van der Waals surface area contributed by atoms with Gasteiger partial charge in [-0.2, -0.15) is 8.78 Å². The second-order valence-electron chi connectivity index (χ2n) is 7.02. The molecule has 7 nitrogen and oxygen atoms in total. The fourth-order valence-electron chi connectivity index (χ4n) is 4.48. The van der Waals surface area contributed by atoms with Gasteiger partial charge in [0.05, 0.1) is 19.0 Å². The number of hydrogen-bond donors (Lipinski definition) is 0. The second-order valence-corrected chi connectivity index (χ2v) is 10.6. The minimum absolute atomic E-state index is 0.232. The van der Waals surface area contributed by atoms with E-state index in [1.807, 2.05) is 45.2 Å². The highest BCUT2D eigenvalue weighted by molar-refractivity contribution is 14.1. The number of rotatable bonds is 5. The molecule has 0 N–H and O–H groups in total.